The van der Waals surface area contributed by atoms with Gasteiger partial charge in [0.15, 0.2) is 0 Å². The first-order chi connectivity index (χ1) is 8.88. The van der Waals surface area contributed by atoms with Gasteiger partial charge in [0.2, 0.25) is 0 Å². The zero-order valence-electron chi connectivity index (χ0n) is 11.2. The van der Waals surface area contributed by atoms with E-state index in [0.29, 0.717) is 6.42 Å². The SMILES string of the molecule is Cc1cc(F)cc(C(N)Cc2c(Br)c(C)nn2C)c1. The van der Waals surface area contributed by atoms with Gasteiger partial charge in [-0.3, -0.25) is 4.68 Å². The molecule has 1 heterocycles. The van der Waals surface area contributed by atoms with E-state index in [1.807, 2.05) is 31.6 Å². The Hall–Kier alpha value is -1.20. The van der Waals surface area contributed by atoms with Crippen LogP contribution >= 0.6 is 15.9 Å². The number of aromatic nitrogens is 2. The van der Waals surface area contributed by atoms with Crippen molar-refractivity contribution < 1.29 is 4.39 Å². The minimum absolute atomic E-state index is 0.245. The predicted octanol–water partition coefficient (Wildman–Crippen LogP) is 3.18. The molecule has 2 N–H and O–H groups in total. The molecule has 1 atom stereocenters. The molecule has 0 radical (unpaired) electrons. The second-order valence-corrected chi connectivity index (χ2v) is 5.64. The fourth-order valence-corrected chi connectivity index (χ4v) is 2.70. The summed E-state index contributed by atoms with van der Waals surface area (Å²) in [6.07, 6.45) is 0.612. The van der Waals surface area contributed by atoms with Crippen LogP contribution in [-0.2, 0) is 13.5 Å². The van der Waals surface area contributed by atoms with Crippen molar-refractivity contribution in [3.05, 3.63) is 51.0 Å². The first-order valence-electron chi connectivity index (χ1n) is 6.09. The van der Waals surface area contributed by atoms with E-state index in [-0.39, 0.29) is 11.9 Å². The highest BCUT2D eigenvalue weighted by molar-refractivity contribution is 9.10. The van der Waals surface area contributed by atoms with Crippen LogP contribution < -0.4 is 5.73 Å². The molecule has 19 heavy (non-hydrogen) atoms. The van der Waals surface area contributed by atoms with Crippen LogP contribution in [-0.4, -0.2) is 9.78 Å². The molecule has 3 nitrogen and oxygen atoms in total. The molecule has 0 saturated carbocycles. The van der Waals surface area contributed by atoms with Crippen LogP contribution in [0.1, 0.15) is 28.6 Å². The van der Waals surface area contributed by atoms with E-state index in [9.17, 15) is 4.39 Å². The lowest BCUT2D eigenvalue weighted by atomic mass is 10.0. The summed E-state index contributed by atoms with van der Waals surface area (Å²) < 4.78 is 16.2. The Labute approximate surface area is 120 Å². The zero-order chi connectivity index (χ0) is 14.2. The Balaban J connectivity index is 2.27. The van der Waals surface area contributed by atoms with Crippen molar-refractivity contribution in [2.75, 3.05) is 0 Å². The maximum Gasteiger partial charge on any atom is 0.123 e. The third kappa shape index (κ3) is 3.04. The molecule has 1 aromatic heterocycles. The number of rotatable bonds is 3. The van der Waals surface area contributed by atoms with Crippen molar-refractivity contribution in [1.29, 1.82) is 0 Å². The Kier molecular flexibility index (Phi) is 4.06. The van der Waals surface area contributed by atoms with E-state index in [1.165, 1.54) is 12.1 Å². The highest BCUT2D eigenvalue weighted by Crippen LogP contribution is 2.25. The molecular formula is C14H17BrFN3. The highest BCUT2D eigenvalue weighted by Gasteiger charge is 2.16. The quantitative estimate of drug-likeness (QED) is 0.941. The topological polar surface area (TPSA) is 43.8 Å². The van der Waals surface area contributed by atoms with Gasteiger partial charge in [0.1, 0.15) is 5.82 Å². The smallest absolute Gasteiger partial charge is 0.123 e. The molecule has 0 bridgehead atoms. The van der Waals surface area contributed by atoms with E-state index >= 15 is 0 Å². The maximum absolute atomic E-state index is 13.4. The summed E-state index contributed by atoms with van der Waals surface area (Å²) in [6.45, 7) is 3.80. The monoisotopic (exact) mass is 325 g/mol. The number of benzene rings is 1. The number of halogens is 2. The van der Waals surface area contributed by atoms with Gasteiger partial charge in [0.25, 0.3) is 0 Å². The van der Waals surface area contributed by atoms with E-state index < -0.39 is 0 Å². The molecule has 1 aromatic carbocycles. The fraction of sp³-hybridized carbons (Fsp3) is 0.357. The van der Waals surface area contributed by atoms with E-state index in [2.05, 4.69) is 21.0 Å². The Morgan fingerprint density at radius 3 is 2.58 bits per heavy atom. The van der Waals surface area contributed by atoms with Gasteiger partial charge in [-0.05, 0) is 53.0 Å². The molecule has 0 spiro atoms. The first-order valence-corrected chi connectivity index (χ1v) is 6.88. The lowest BCUT2D eigenvalue weighted by molar-refractivity contribution is 0.608. The molecule has 5 heteroatoms. The van der Waals surface area contributed by atoms with Gasteiger partial charge in [0.05, 0.1) is 15.9 Å². The van der Waals surface area contributed by atoms with Gasteiger partial charge in [-0.2, -0.15) is 5.10 Å². The van der Waals surface area contributed by atoms with Crippen molar-refractivity contribution >= 4 is 15.9 Å². The summed E-state index contributed by atoms with van der Waals surface area (Å²) in [7, 11) is 1.89. The summed E-state index contributed by atoms with van der Waals surface area (Å²) in [5, 5.41) is 4.33. The molecule has 0 fully saturated rings. The number of hydrogen-bond acceptors (Lipinski definition) is 2. The average Bonchev–Trinajstić information content (AvgIpc) is 2.54. The third-order valence-electron chi connectivity index (χ3n) is 3.17. The molecule has 0 aliphatic heterocycles. The summed E-state index contributed by atoms with van der Waals surface area (Å²) >= 11 is 3.52. The lowest BCUT2D eigenvalue weighted by Gasteiger charge is -2.13. The average molecular weight is 326 g/mol. The summed E-state index contributed by atoms with van der Waals surface area (Å²) in [5.74, 6) is -0.245. The van der Waals surface area contributed by atoms with Crippen molar-refractivity contribution in [3.63, 3.8) is 0 Å². The van der Waals surface area contributed by atoms with Crippen molar-refractivity contribution in [1.82, 2.24) is 9.78 Å². The van der Waals surface area contributed by atoms with Crippen molar-refractivity contribution in [3.8, 4) is 0 Å². The van der Waals surface area contributed by atoms with E-state index in [0.717, 1.165) is 27.0 Å². The normalized spacial score (nSPS) is 12.7. The molecule has 102 valence electrons. The molecule has 0 saturated heterocycles. The predicted molar refractivity (Wildman–Crippen MR) is 77.4 cm³/mol. The van der Waals surface area contributed by atoms with Crippen molar-refractivity contribution in [2.24, 2.45) is 12.8 Å². The van der Waals surface area contributed by atoms with Crippen LogP contribution in [0.3, 0.4) is 0 Å². The van der Waals surface area contributed by atoms with E-state index in [4.69, 9.17) is 5.73 Å². The van der Waals surface area contributed by atoms with Crippen LogP contribution in [0, 0.1) is 19.7 Å². The second-order valence-electron chi connectivity index (χ2n) is 4.84. The van der Waals surface area contributed by atoms with Crippen LogP contribution in [0.2, 0.25) is 0 Å². The number of aryl methyl sites for hydroxylation is 3. The van der Waals surface area contributed by atoms with Gasteiger partial charge in [-0.25, -0.2) is 4.39 Å². The Morgan fingerprint density at radius 1 is 1.37 bits per heavy atom. The van der Waals surface area contributed by atoms with E-state index in [1.54, 1.807) is 0 Å². The number of nitrogens with zero attached hydrogens (tertiary/aromatic N) is 2. The van der Waals surface area contributed by atoms with Gasteiger partial charge >= 0.3 is 0 Å². The molecule has 2 aromatic rings. The van der Waals surface area contributed by atoms with Crippen molar-refractivity contribution in [2.45, 2.75) is 26.3 Å². The lowest BCUT2D eigenvalue weighted by Crippen LogP contribution is -2.16. The Bertz CT molecular complexity index is 587. The summed E-state index contributed by atoms with van der Waals surface area (Å²) in [5.41, 5.74) is 9.82. The molecule has 0 amide bonds. The fourth-order valence-electron chi connectivity index (χ4n) is 2.21. The third-order valence-corrected chi connectivity index (χ3v) is 4.20. The van der Waals surface area contributed by atoms with Gasteiger partial charge < -0.3 is 5.73 Å². The van der Waals surface area contributed by atoms with Crippen LogP contribution in [0.5, 0.6) is 0 Å². The summed E-state index contributed by atoms with van der Waals surface area (Å²) in [4.78, 5) is 0. The standard InChI is InChI=1S/C14H17BrFN3/c1-8-4-10(6-11(16)5-8)12(17)7-13-14(15)9(2)18-19(13)3/h4-6,12H,7,17H2,1-3H3. The molecule has 2 rings (SSSR count). The number of nitrogens with two attached hydrogens (primary N) is 1. The Morgan fingerprint density at radius 2 is 2.05 bits per heavy atom. The minimum atomic E-state index is -0.250. The van der Waals surface area contributed by atoms with Gasteiger partial charge in [-0.15, -0.1) is 0 Å². The molecular weight excluding hydrogens is 309 g/mol. The second kappa shape index (κ2) is 5.43. The van der Waals surface area contributed by atoms with Crippen LogP contribution in [0.25, 0.3) is 0 Å². The maximum atomic E-state index is 13.4. The molecule has 0 aliphatic rings. The first kappa shape index (κ1) is 14.2. The van der Waals surface area contributed by atoms with Gasteiger partial charge in [0, 0.05) is 19.5 Å². The largest absolute Gasteiger partial charge is 0.324 e. The number of hydrogen-bond donors (Lipinski definition) is 1. The summed E-state index contributed by atoms with van der Waals surface area (Å²) in [6, 6.07) is 4.67. The zero-order valence-corrected chi connectivity index (χ0v) is 12.8. The van der Waals surface area contributed by atoms with Gasteiger partial charge in [-0.1, -0.05) is 6.07 Å². The molecule has 0 aliphatic carbocycles. The minimum Gasteiger partial charge on any atom is -0.324 e. The van der Waals surface area contributed by atoms with Crippen LogP contribution in [0.4, 0.5) is 4.39 Å². The highest BCUT2D eigenvalue weighted by atomic mass is 79.9. The molecule has 1 unspecified atom stereocenters. The van der Waals surface area contributed by atoms with Crippen LogP contribution in [0.15, 0.2) is 22.7 Å².